The van der Waals surface area contributed by atoms with Gasteiger partial charge in [0.2, 0.25) is 15.9 Å². The number of carbonyl (C=O) groups is 1. The molecule has 1 N–H and O–H groups in total. The van der Waals surface area contributed by atoms with Gasteiger partial charge in [-0.1, -0.05) is 39.1 Å². The molecule has 1 aliphatic rings. The zero-order valence-corrected chi connectivity index (χ0v) is 17.7. The fraction of sp³-hybridized carbons (Fsp3) is 0.533. The quantitative estimate of drug-likeness (QED) is 0.644. The molecule has 10 heteroatoms. The van der Waals surface area contributed by atoms with E-state index in [-0.39, 0.29) is 34.9 Å². The number of hydrogen-bond acceptors (Lipinski definition) is 4. The Bertz CT molecular complexity index is 760. The lowest BCUT2D eigenvalue weighted by Gasteiger charge is -2.24. The predicted octanol–water partition coefficient (Wildman–Crippen LogP) is 2.80. The maximum atomic E-state index is 13.2. The van der Waals surface area contributed by atoms with E-state index in [1.165, 1.54) is 30.6 Å². The molecule has 1 heterocycles. The van der Waals surface area contributed by atoms with E-state index in [1.807, 2.05) is 0 Å². The van der Waals surface area contributed by atoms with Crippen LogP contribution in [0.15, 0.2) is 17.0 Å². The highest BCUT2D eigenvalue weighted by Gasteiger charge is 2.42. The number of amides is 1. The van der Waals surface area contributed by atoms with E-state index in [1.54, 1.807) is 0 Å². The van der Waals surface area contributed by atoms with Gasteiger partial charge in [-0.3, -0.25) is 4.79 Å². The summed E-state index contributed by atoms with van der Waals surface area (Å²) in [5.74, 6) is -0.231. The molecule has 6 nitrogen and oxygen atoms in total. The Balaban J connectivity index is 2.44. The van der Waals surface area contributed by atoms with Gasteiger partial charge in [0.05, 0.1) is 11.1 Å². The van der Waals surface area contributed by atoms with Crippen molar-refractivity contribution < 1.29 is 17.9 Å². The molecule has 0 radical (unpaired) electrons. The van der Waals surface area contributed by atoms with Crippen LogP contribution in [0.1, 0.15) is 18.4 Å². The molecule has 2 rings (SSSR count). The molecule has 1 aromatic rings. The molecule has 140 valence electrons. The predicted molar refractivity (Wildman–Crippen MR) is 101 cm³/mol. The molecular formula is C15H19BrCl2N2O4S. The first-order valence-corrected chi connectivity index (χ1v) is 10.9. The number of sulfonamides is 1. The third kappa shape index (κ3) is 4.31. The van der Waals surface area contributed by atoms with Crippen LogP contribution in [-0.2, 0) is 24.9 Å². The van der Waals surface area contributed by atoms with E-state index in [0.717, 1.165) is 0 Å². The van der Waals surface area contributed by atoms with Gasteiger partial charge < -0.3 is 10.1 Å². The Morgan fingerprint density at radius 1 is 1.44 bits per heavy atom. The van der Waals surface area contributed by atoms with Gasteiger partial charge in [0.15, 0.2) is 0 Å². The third-order valence-corrected chi connectivity index (χ3v) is 7.65. The molecule has 25 heavy (non-hydrogen) atoms. The summed E-state index contributed by atoms with van der Waals surface area (Å²) in [6.07, 6.45) is 0.234. The number of halogens is 3. The largest absolute Gasteiger partial charge is 0.380 e. The number of methoxy groups -OCH3 is 1. The molecule has 1 aliphatic heterocycles. The second-order valence-corrected chi connectivity index (χ2v) is 8.88. The second-order valence-electron chi connectivity index (χ2n) is 5.67. The summed E-state index contributed by atoms with van der Waals surface area (Å²) in [4.78, 5) is 11.7. The summed E-state index contributed by atoms with van der Waals surface area (Å²) >= 11 is 15.6. The first-order chi connectivity index (χ1) is 11.8. The van der Waals surface area contributed by atoms with Crippen molar-refractivity contribution in [2.75, 3.05) is 20.7 Å². The van der Waals surface area contributed by atoms with Gasteiger partial charge in [-0.05, 0) is 18.6 Å². The number of ether oxygens (including phenoxy) is 1. The van der Waals surface area contributed by atoms with Gasteiger partial charge in [-0.2, -0.15) is 4.31 Å². The Morgan fingerprint density at radius 3 is 2.68 bits per heavy atom. The second kappa shape index (κ2) is 8.54. The van der Waals surface area contributed by atoms with Crippen LogP contribution in [0, 0.1) is 0 Å². The Kier molecular flexibility index (Phi) is 7.15. The molecule has 0 saturated carbocycles. The first kappa shape index (κ1) is 20.9. The number of nitrogens with zero attached hydrogens (tertiary/aromatic N) is 1. The van der Waals surface area contributed by atoms with Gasteiger partial charge in [-0.25, -0.2) is 8.42 Å². The van der Waals surface area contributed by atoms with Crippen LogP contribution in [0.3, 0.4) is 0 Å². The normalized spacial score (nSPS) is 21.5. The van der Waals surface area contributed by atoms with Crippen LogP contribution in [-0.4, -0.2) is 51.5 Å². The van der Waals surface area contributed by atoms with Gasteiger partial charge in [0, 0.05) is 49.1 Å². The number of alkyl halides is 1. The standard InChI is InChI=1S/C15H19BrCl2N2O4S/c1-19-14(21)6-9-5-10(24-2)8-20(9)25(22,23)13-4-3-12(17)11(7-16)15(13)18/h3-4,9-10H,5-8H2,1-2H3,(H,19,21)/t9-,10-/m0/s1. The van der Waals surface area contributed by atoms with Crippen LogP contribution < -0.4 is 5.32 Å². The van der Waals surface area contributed by atoms with Crippen molar-refractivity contribution in [3.8, 4) is 0 Å². The van der Waals surface area contributed by atoms with Gasteiger partial charge in [0.1, 0.15) is 4.90 Å². The summed E-state index contributed by atoms with van der Waals surface area (Å²) in [5, 5.41) is 3.33. The van der Waals surface area contributed by atoms with Crippen LogP contribution in [0.5, 0.6) is 0 Å². The van der Waals surface area contributed by atoms with E-state index in [4.69, 9.17) is 27.9 Å². The molecule has 0 bridgehead atoms. The lowest BCUT2D eigenvalue weighted by atomic mass is 10.1. The van der Waals surface area contributed by atoms with E-state index in [0.29, 0.717) is 22.3 Å². The van der Waals surface area contributed by atoms with E-state index in [2.05, 4.69) is 21.2 Å². The van der Waals surface area contributed by atoms with Crippen molar-refractivity contribution in [1.82, 2.24) is 9.62 Å². The maximum Gasteiger partial charge on any atom is 0.244 e. The molecular weight excluding hydrogens is 455 g/mol. The number of nitrogens with one attached hydrogen (secondary N) is 1. The minimum Gasteiger partial charge on any atom is -0.380 e. The van der Waals surface area contributed by atoms with E-state index >= 15 is 0 Å². The van der Waals surface area contributed by atoms with E-state index < -0.39 is 16.1 Å². The Morgan fingerprint density at radius 2 is 2.12 bits per heavy atom. The van der Waals surface area contributed by atoms with Crippen molar-refractivity contribution in [3.63, 3.8) is 0 Å². The van der Waals surface area contributed by atoms with Gasteiger partial charge in [0.25, 0.3) is 0 Å². The minimum atomic E-state index is -3.90. The van der Waals surface area contributed by atoms with E-state index in [9.17, 15) is 13.2 Å². The lowest BCUT2D eigenvalue weighted by molar-refractivity contribution is -0.121. The van der Waals surface area contributed by atoms with Crippen molar-refractivity contribution in [1.29, 1.82) is 0 Å². The van der Waals surface area contributed by atoms with Crippen LogP contribution >= 0.6 is 39.1 Å². The van der Waals surface area contributed by atoms with Crippen LogP contribution in [0.25, 0.3) is 0 Å². The number of rotatable bonds is 6. The van der Waals surface area contributed by atoms with Crippen LogP contribution in [0.4, 0.5) is 0 Å². The van der Waals surface area contributed by atoms with Gasteiger partial charge in [-0.15, -0.1) is 0 Å². The highest BCUT2D eigenvalue weighted by atomic mass is 79.9. The Hall–Kier alpha value is -0.380. The Labute approximate surface area is 166 Å². The number of carbonyl (C=O) groups excluding carboxylic acids is 1. The minimum absolute atomic E-state index is 0.0216. The molecule has 2 atom stereocenters. The number of hydrogen-bond donors (Lipinski definition) is 1. The summed E-state index contributed by atoms with van der Waals surface area (Å²) in [5.41, 5.74) is 0.509. The molecule has 0 aromatic heterocycles. The van der Waals surface area contributed by atoms with Crippen molar-refractivity contribution in [2.45, 2.75) is 35.2 Å². The van der Waals surface area contributed by atoms with Crippen molar-refractivity contribution >= 4 is 55.1 Å². The summed E-state index contributed by atoms with van der Waals surface area (Å²) < 4.78 is 33.0. The maximum absolute atomic E-state index is 13.2. The zero-order chi connectivity index (χ0) is 18.8. The summed E-state index contributed by atoms with van der Waals surface area (Å²) in [6.45, 7) is 0.170. The van der Waals surface area contributed by atoms with Crippen LogP contribution in [0.2, 0.25) is 10.0 Å². The van der Waals surface area contributed by atoms with Crippen molar-refractivity contribution in [3.05, 3.63) is 27.7 Å². The molecule has 1 aromatic carbocycles. The highest BCUT2D eigenvalue weighted by molar-refractivity contribution is 9.08. The average molecular weight is 474 g/mol. The highest BCUT2D eigenvalue weighted by Crippen LogP contribution is 2.37. The molecule has 0 aliphatic carbocycles. The average Bonchev–Trinajstić information content (AvgIpc) is 2.98. The summed E-state index contributed by atoms with van der Waals surface area (Å²) in [7, 11) is -0.863. The van der Waals surface area contributed by atoms with Gasteiger partial charge >= 0.3 is 0 Å². The number of benzene rings is 1. The monoisotopic (exact) mass is 472 g/mol. The molecule has 1 fully saturated rings. The fourth-order valence-electron chi connectivity index (χ4n) is 2.84. The van der Waals surface area contributed by atoms with Crippen molar-refractivity contribution in [2.24, 2.45) is 0 Å². The molecule has 1 amide bonds. The molecule has 0 unspecified atom stereocenters. The summed E-state index contributed by atoms with van der Waals surface area (Å²) in [6, 6.07) is 2.41. The first-order valence-electron chi connectivity index (χ1n) is 7.54. The smallest absolute Gasteiger partial charge is 0.244 e. The lowest BCUT2D eigenvalue weighted by Crippen LogP contribution is -2.39. The molecule has 0 spiro atoms. The molecule has 1 saturated heterocycles. The fourth-order valence-corrected chi connectivity index (χ4v) is 6.30. The zero-order valence-electron chi connectivity index (χ0n) is 13.8. The SMILES string of the molecule is CNC(=O)C[C@@H]1C[C@H](OC)CN1S(=O)(=O)c1ccc(Cl)c(CBr)c1Cl. The third-order valence-electron chi connectivity index (χ3n) is 4.23. The topological polar surface area (TPSA) is 75.7 Å².